The van der Waals surface area contributed by atoms with Crippen molar-refractivity contribution in [2.24, 2.45) is 0 Å². The Hall–Kier alpha value is -1.71. The zero-order valence-electron chi connectivity index (χ0n) is 13.4. The van der Waals surface area contributed by atoms with Crippen molar-refractivity contribution in [1.82, 2.24) is 5.32 Å². The summed E-state index contributed by atoms with van der Waals surface area (Å²) in [5.41, 5.74) is 2.27. The second-order valence-corrected chi connectivity index (χ2v) is 6.39. The number of carbonyl (C=O) groups is 1. The molecule has 2 amide bonds. The molecular formula is C18H26N2O2. The molecule has 1 heterocycles. The minimum Gasteiger partial charge on any atom is -0.497 e. The molecule has 0 radical (unpaired) electrons. The average molecular weight is 302 g/mol. The fourth-order valence-corrected chi connectivity index (χ4v) is 3.57. The van der Waals surface area contributed by atoms with E-state index in [4.69, 9.17) is 4.74 Å². The molecule has 0 bridgehead atoms. The monoisotopic (exact) mass is 302 g/mol. The van der Waals surface area contributed by atoms with E-state index < -0.39 is 0 Å². The van der Waals surface area contributed by atoms with E-state index in [0.29, 0.717) is 6.04 Å². The molecule has 1 saturated carbocycles. The van der Waals surface area contributed by atoms with E-state index in [2.05, 4.69) is 11.4 Å². The zero-order valence-corrected chi connectivity index (χ0v) is 13.4. The molecule has 1 fully saturated rings. The van der Waals surface area contributed by atoms with Gasteiger partial charge in [0.15, 0.2) is 0 Å². The van der Waals surface area contributed by atoms with Gasteiger partial charge in [-0.1, -0.05) is 19.3 Å². The number of ether oxygens (including phenoxy) is 1. The van der Waals surface area contributed by atoms with E-state index in [-0.39, 0.29) is 6.03 Å². The minimum absolute atomic E-state index is 0.0696. The standard InChI is InChI=1S/C18H26N2O2/c1-22-16-10-11-17-14(13-16)7-5-6-12-20(17)18(21)19-15-8-3-2-4-9-15/h10-11,13,15H,2-9,12H2,1H3,(H,19,21). The highest BCUT2D eigenvalue weighted by Gasteiger charge is 2.24. The summed E-state index contributed by atoms with van der Waals surface area (Å²) in [4.78, 5) is 14.6. The van der Waals surface area contributed by atoms with Crippen molar-refractivity contribution in [2.45, 2.75) is 57.4 Å². The van der Waals surface area contributed by atoms with Gasteiger partial charge in [0.2, 0.25) is 0 Å². The molecule has 1 aliphatic carbocycles. The maximum Gasteiger partial charge on any atom is 0.322 e. The summed E-state index contributed by atoms with van der Waals surface area (Å²) in [7, 11) is 1.69. The molecule has 0 atom stereocenters. The number of benzene rings is 1. The fourth-order valence-electron chi connectivity index (χ4n) is 3.57. The molecule has 1 aliphatic heterocycles. The van der Waals surface area contributed by atoms with Crippen molar-refractivity contribution in [3.63, 3.8) is 0 Å². The second kappa shape index (κ2) is 7.03. The third kappa shape index (κ3) is 3.37. The number of urea groups is 1. The van der Waals surface area contributed by atoms with Gasteiger partial charge in [0.25, 0.3) is 0 Å². The first kappa shape index (κ1) is 15.2. The van der Waals surface area contributed by atoms with Gasteiger partial charge in [0, 0.05) is 18.3 Å². The Bertz CT molecular complexity index is 524. The molecule has 2 aliphatic rings. The maximum absolute atomic E-state index is 12.7. The lowest BCUT2D eigenvalue weighted by molar-refractivity contribution is 0.238. The van der Waals surface area contributed by atoms with Crippen LogP contribution in [0, 0.1) is 0 Å². The first-order valence-electron chi connectivity index (χ1n) is 8.53. The molecular weight excluding hydrogens is 276 g/mol. The first-order chi connectivity index (χ1) is 10.8. The Balaban J connectivity index is 1.76. The number of fused-ring (bicyclic) bond motifs is 1. The van der Waals surface area contributed by atoms with Crippen molar-refractivity contribution in [3.05, 3.63) is 23.8 Å². The highest BCUT2D eigenvalue weighted by molar-refractivity contribution is 5.93. The van der Waals surface area contributed by atoms with Crippen molar-refractivity contribution in [2.75, 3.05) is 18.6 Å². The Labute approximate surface area is 132 Å². The molecule has 3 rings (SSSR count). The minimum atomic E-state index is 0.0696. The van der Waals surface area contributed by atoms with E-state index in [9.17, 15) is 4.79 Å². The largest absolute Gasteiger partial charge is 0.497 e. The summed E-state index contributed by atoms with van der Waals surface area (Å²) < 4.78 is 5.32. The topological polar surface area (TPSA) is 41.6 Å². The first-order valence-corrected chi connectivity index (χ1v) is 8.53. The predicted octanol–water partition coefficient (Wildman–Crippen LogP) is 3.88. The molecule has 22 heavy (non-hydrogen) atoms. The molecule has 1 aromatic carbocycles. The molecule has 4 nitrogen and oxygen atoms in total. The molecule has 1 aromatic rings. The molecule has 0 saturated heterocycles. The van der Waals surface area contributed by atoms with Crippen LogP contribution in [0.1, 0.15) is 50.5 Å². The van der Waals surface area contributed by atoms with Gasteiger partial charge in [-0.2, -0.15) is 0 Å². The number of methoxy groups -OCH3 is 1. The molecule has 0 spiro atoms. The van der Waals surface area contributed by atoms with Gasteiger partial charge in [-0.3, -0.25) is 4.90 Å². The molecule has 0 unspecified atom stereocenters. The van der Waals surface area contributed by atoms with E-state index in [1.807, 2.05) is 17.0 Å². The van der Waals surface area contributed by atoms with Gasteiger partial charge in [-0.15, -0.1) is 0 Å². The number of hydrogen-bond donors (Lipinski definition) is 1. The van der Waals surface area contributed by atoms with E-state index in [1.165, 1.54) is 24.8 Å². The van der Waals surface area contributed by atoms with Crippen molar-refractivity contribution in [3.8, 4) is 5.75 Å². The van der Waals surface area contributed by atoms with Gasteiger partial charge in [-0.05, 0) is 55.9 Å². The summed E-state index contributed by atoms with van der Waals surface area (Å²) in [6.45, 7) is 0.803. The Morgan fingerprint density at radius 1 is 1.18 bits per heavy atom. The molecule has 1 N–H and O–H groups in total. The summed E-state index contributed by atoms with van der Waals surface area (Å²) in [5, 5.41) is 3.24. The van der Waals surface area contributed by atoms with Crippen LogP contribution in [0.5, 0.6) is 5.75 Å². The lowest BCUT2D eigenvalue weighted by Gasteiger charge is -2.28. The number of nitrogens with one attached hydrogen (secondary N) is 1. The number of hydrogen-bond acceptors (Lipinski definition) is 2. The molecule has 120 valence electrons. The highest BCUT2D eigenvalue weighted by atomic mass is 16.5. The van der Waals surface area contributed by atoms with Crippen LogP contribution in [-0.4, -0.2) is 25.7 Å². The number of anilines is 1. The third-order valence-electron chi connectivity index (χ3n) is 4.83. The SMILES string of the molecule is COc1ccc2c(c1)CCCCN2C(=O)NC1CCCCC1. The second-order valence-electron chi connectivity index (χ2n) is 6.39. The van der Waals surface area contributed by atoms with E-state index >= 15 is 0 Å². The van der Waals surface area contributed by atoms with Crippen molar-refractivity contribution in [1.29, 1.82) is 0 Å². The maximum atomic E-state index is 12.7. The summed E-state index contributed by atoms with van der Waals surface area (Å²) in [6, 6.07) is 6.47. The summed E-state index contributed by atoms with van der Waals surface area (Å²) in [5.74, 6) is 0.869. The van der Waals surface area contributed by atoms with Gasteiger partial charge >= 0.3 is 6.03 Å². The predicted molar refractivity (Wildman–Crippen MR) is 88.7 cm³/mol. The van der Waals surface area contributed by atoms with Crippen molar-refractivity contribution < 1.29 is 9.53 Å². The number of rotatable bonds is 2. The van der Waals surface area contributed by atoms with Gasteiger partial charge in [-0.25, -0.2) is 4.79 Å². The van der Waals surface area contributed by atoms with Gasteiger partial charge in [0.1, 0.15) is 5.75 Å². The van der Waals surface area contributed by atoms with Crippen LogP contribution < -0.4 is 15.0 Å². The number of carbonyl (C=O) groups excluding carboxylic acids is 1. The van der Waals surface area contributed by atoms with E-state index in [1.54, 1.807) is 7.11 Å². The normalized spacial score (nSPS) is 19.2. The lowest BCUT2D eigenvalue weighted by atomic mass is 9.96. The third-order valence-corrected chi connectivity index (χ3v) is 4.83. The molecule has 4 heteroatoms. The van der Waals surface area contributed by atoms with Crippen LogP contribution in [0.15, 0.2) is 18.2 Å². The van der Waals surface area contributed by atoms with Crippen molar-refractivity contribution >= 4 is 11.7 Å². The number of nitrogens with zero attached hydrogens (tertiary/aromatic N) is 1. The van der Waals surface area contributed by atoms with Gasteiger partial charge < -0.3 is 10.1 Å². The van der Waals surface area contributed by atoms with Crippen LogP contribution >= 0.6 is 0 Å². The van der Waals surface area contributed by atoms with Crippen LogP contribution in [-0.2, 0) is 6.42 Å². The molecule has 0 aromatic heterocycles. The highest BCUT2D eigenvalue weighted by Crippen LogP contribution is 2.30. The zero-order chi connectivity index (χ0) is 15.4. The Kier molecular flexibility index (Phi) is 4.86. The summed E-state index contributed by atoms with van der Waals surface area (Å²) in [6.07, 6.45) is 9.20. The van der Waals surface area contributed by atoms with Crippen LogP contribution in [0.4, 0.5) is 10.5 Å². The van der Waals surface area contributed by atoms with Crippen LogP contribution in [0.25, 0.3) is 0 Å². The van der Waals surface area contributed by atoms with Crippen LogP contribution in [0.3, 0.4) is 0 Å². The smallest absolute Gasteiger partial charge is 0.322 e. The van der Waals surface area contributed by atoms with Crippen LogP contribution in [0.2, 0.25) is 0 Å². The van der Waals surface area contributed by atoms with E-state index in [0.717, 1.165) is 50.1 Å². The quantitative estimate of drug-likeness (QED) is 0.900. The Morgan fingerprint density at radius 2 is 2.00 bits per heavy atom. The lowest BCUT2D eigenvalue weighted by Crippen LogP contribution is -2.46. The Morgan fingerprint density at radius 3 is 2.77 bits per heavy atom. The fraction of sp³-hybridized carbons (Fsp3) is 0.611. The number of aryl methyl sites for hydroxylation is 1. The summed E-state index contributed by atoms with van der Waals surface area (Å²) >= 11 is 0. The number of amides is 2. The average Bonchev–Trinajstić information content (AvgIpc) is 2.77. The van der Waals surface area contributed by atoms with Gasteiger partial charge in [0.05, 0.1) is 7.11 Å².